The van der Waals surface area contributed by atoms with Crippen molar-refractivity contribution in [1.29, 1.82) is 0 Å². The molecule has 0 spiro atoms. The highest BCUT2D eigenvalue weighted by Gasteiger charge is 2.29. The summed E-state index contributed by atoms with van der Waals surface area (Å²) >= 11 is 0. The van der Waals surface area contributed by atoms with Crippen molar-refractivity contribution in [2.45, 2.75) is 19.4 Å². The van der Waals surface area contributed by atoms with Gasteiger partial charge in [-0.15, -0.1) is 0 Å². The Bertz CT molecular complexity index is 933. The first-order valence-corrected chi connectivity index (χ1v) is 10.8. The molecule has 0 aromatic heterocycles. The smallest absolute Gasteiger partial charge is 0.270 e. The van der Waals surface area contributed by atoms with Gasteiger partial charge in [-0.05, 0) is 43.2 Å². The highest BCUT2D eigenvalue weighted by atomic mass is 16.6. The average Bonchev–Trinajstić information content (AvgIpc) is 3.34. The van der Waals surface area contributed by atoms with Gasteiger partial charge in [-0.25, -0.2) is 0 Å². The quantitative estimate of drug-likeness (QED) is 0.563. The lowest BCUT2D eigenvalue weighted by molar-refractivity contribution is -0.917. The number of ether oxygens (including phenoxy) is 1. The molecule has 4 rings (SSSR count). The maximum absolute atomic E-state index is 13.3. The lowest BCUT2D eigenvalue weighted by Gasteiger charge is -2.33. The molecule has 0 atom stereocenters. The Hall–Kier alpha value is -3.13. The SMILES string of the molecule is COc1ccc(C[NH+]2CCN(C(=O)c3cc([N+](=O)[O-])ccc3N3CCCC3)CC2)cc1. The van der Waals surface area contributed by atoms with Crippen LogP contribution in [0.2, 0.25) is 0 Å². The van der Waals surface area contributed by atoms with Crippen LogP contribution in [0.25, 0.3) is 0 Å². The lowest BCUT2D eigenvalue weighted by Crippen LogP contribution is -3.13. The second kappa shape index (κ2) is 9.34. The van der Waals surface area contributed by atoms with E-state index in [9.17, 15) is 14.9 Å². The zero-order valence-electron chi connectivity index (χ0n) is 17.9. The fourth-order valence-corrected chi connectivity index (χ4v) is 4.45. The number of hydrogen-bond donors (Lipinski definition) is 1. The molecule has 0 saturated carbocycles. The summed E-state index contributed by atoms with van der Waals surface area (Å²) < 4.78 is 5.21. The van der Waals surface area contributed by atoms with Crippen LogP contribution in [0.15, 0.2) is 42.5 Å². The minimum atomic E-state index is -0.429. The van der Waals surface area contributed by atoms with Gasteiger partial charge in [0.25, 0.3) is 11.6 Å². The Morgan fingerprint density at radius 3 is 2.35 bits per heavy atom. The Balaban J connectivity index is 1.44. The Labute approximate surface area is 182 Å². The van der Waals surface area contributed by atoms with Crippen LogP contribution in [0, 0.1) is 10.1 Å². The molecule has 2 aliphatic heterocycles. The number of nitrogens with one attached hydrogen (secondary N) is 1. The lowest BCUT2D eigenvalue weighted by atomic mass is 10.1. The second-order valence-electron chi connectivity index (χ2n) is 8.22. The molecule has 2 aromatic carbocycles. The number of nitrogens with zero attached hydrogens (tertiary/aromatic N) is 3. The number of piperazine rings is 1. The number of nitro benzene ring substituents is 1. The van der Waals surface area contributed by atoms with Gasteiger partial charge in [-0.3, -0.25) is 14.9 Å². The summed E-state index contributed by atoms with van der Waals surface area (Å²) in [6, 6.07) is 12.8. The molecule has 2 saturated heterocycles. The summed E-state index contributed by atoms with van der Waals surface area (Å²) in [5.74, 6) is 0.744. The van der Waals surface area contributed by atoms with Gasteiger partial charge < -0.3 is 19.4 Å². The van der Waals surface area contributed by atoms with Gasteiger partial charge >= 0.3 is 0 Å². The van der Waals surface area contributed by atoms with Gasteiger partial charge in [0.05, 0.1) is 49.5 Å². The summed E-state index contributed by atoms with van der Waals surface area (Å²) in [6.07, 6.45) is 2.16. The molecule has 1 amide bonds. The third kappa shape index (κ3) is 4.80. The molecule has 0 bridgehead atoms. The van der Waals surface area contributed by atoms with Crippen molar-refractivity contribution in [2.24, 2.45) is 0 Å². The number of rotatable bonds is 6. The van der Waals surface area contributed by atoms with Crippen LogP contribution in [0.5, 0.6) is 5.75 Å². The first-order valence-electron chi connectivity index (χ1n) is 10.8. The molecule has 8 nitrogen and oxygen atoms in total. The predicted molar refractivity (Wildman–Crippen MR) is 118 cm³/mol. The summed E-state index contributed by atoms with van der Waals surface area (Å²) in [4.78, 5) is 29.6. The minimum absolute atomic E-state index is 0.0323. The second-order valence-corrected chi connectivity index (χ2v) is 8.22. The molecule has 0 unspecified atom stereocenters. The number of carbonyl (C=O) groups is 1. The van der Waals surface area contributed by atoms with Crippen LogP contribution in [0.3, 0.4) is 0 Å². The van der Waals surface area contributed by atoms with E-state index >= 15 is 0 Å². The van der Waals surface area contributed by atoms with Crippen molar-refractivity contribution in [3.05, 3.63) is 63.7 Å². The van der Waals surface area contributed by atoms with E-state index in [4.69, 9.17) is 4.74 Å². The van der Waals surface area contributed by atoms with Gasteiger partial charge in [0.15, 0.2) is 0 Å². The van der Waals surface area contributed by atoms with Gasteiger partial charge in [0.2, 0.25) is 0 Å². The zero-order valence-corrected chi connectivity index (χ0v) is 17.9. The summed E-state index contributed by atoms with van der Waals surface area (Å²) in [5, 5.41) is 11.3. The van der Waals surface area contributed by atoms with Crippen molar-refractivity contribution in [3.8, 4) is 5.75 Å². The van der Waals surface area contributed by atoms with E-state index in [1.54, 1.807) is 13.2 Å². The van der Waals surface area contributed by atoms with E-state index in [2.05, 4.69) is 17.0 Å². The number of nitro groups is 1. The Morgan fingerprint density at radius 1 is 1.06 bits per heavy atom. The van der Waals surface area contributed by atoms with Crippen LogP contribution in [-0.4, -0.2) is 62.1 Å². The molecular weight excluding hydrogens is 396 g/mol. The van der Waals surface area contributed by atoms with Crippen molar-refractivity contribution in [1.82, 2.24) is 4.90 Å². The summed E-state index contributed by atoms with van der Waals surface area (Å²) in [7, 11) is 1.66. The van der Waals surface area contributed by atoms with E-state index < -0.39 is 4.92 Å². The molecule has 8 heteroatoms. The number of carbonyl (C=O) groups excluding carboxylic acids is 1. The molecule has 2 aromatic rings. The number of non-ortho nitro benzene ring substituents is 1. The number of anilines is 1. The van der Waals surface area contributed by atoms with E-state index in [1.807, 2.05) is 17.0 Å². The fourth-order valence-electron chi connectivity index (χ4n) is 4.45. The van der Waals surface area contributed by atoms with Crippen molar-refractivity contribution >= 4 is 17.3 Å². The molecule has 164 valence electrons. The fraction of sp³-hybridized carbons (Fsp3) is 0.435. The highest BCUT2D eigenvalue weighted by Crippen LogP contribution is 2.29. The van der Waals surface area contributed by atoms with E-state index in [1.165, 1.54) is 22.6 Å². The van der Waals surface area contributed by atoms with E-state index in [0.717, 1.165) is 57.0 Å². The Kier molecular flexibility index (Phi) is 6.36. The normalized spacial score (nSPS) is 17.1. The van der Waals surface area contributed by atoms with Crippen LogP contribution in [0.4, 0.5) is 11.4 Å². The standard InChI is InChI=1S/C23H28N4O4/c1-31-20-7-4-18(5-8-20)17-24-12-14-26(15-13-24)23(28)21-16-19(27(29)30)6-9-22(21)25-10-2-3-11-25/h4-9,16H,2-3,10-15,17H2,1H3/p+1. The molecule has 2 heterocycles. The van der Waals surface area contributed by atoms with Crippen LogP contribution < -0.4 is 14.5 Å². The van der Waals surface area contributed by atoms with Crippen molar-refractivity contribution in [3.63, 3.8) is 0 Å². The largest absolute Gasteiger partial charge is 0.497 e. The van der Waals surface area contributed by atoms with Crippen molar-refractivity contribution < 1.29 is 19.4 Å². The number of methoxy groups -OCH3 is 1. The molecule has 0 radical (unpaired) electrons. The molecule has 2 aliphatic rings. The summed E-state index contributed by atoms with van der Waals surface area (Å²) in [5.41, 5.74) is 2.48. The predicted octanol–water partition coefficient (Wildman–Crippen LogP) is 1.74. The Morgan fingerprint density at radius 2 is 1.74 bits per heavy atom. The van der Waals surface area contributed by atoms with E-state index in [-0.39, 0.29) is 11.6 Å². The number of amides is 1. The molecule has 2 fully saturated rings. The first-order chi connectivity index (χ1) is 15.0. The van der Waals surface area contributed by atoms with Gasteiger partial charge in [-0.2, -0.15) is 0 Å². The zero-order chi connectivity index (χ0) is 21.8. The molecule has 0 aliphatic carbocycles. The van der Waals surface area contributed by atoms with Crippen LogP contribution in [-0.2, 0) is 6.54 Å². The van der Waals surface area contributed by atoms with Crippen LogP contribution in [0.1, 0.15) is 28.8 Å². The topological polar surface area (TPSA) is 80.4 Å². The minimum Gasteiger partial charge on any atom is -0.497 e. The molecular formula is C23H29N4O4+. The summed E-state index contributed by atoms with van der Waals surface area (Å²) in [6.45, 7) is 5.67. The molecule has 31 heavy (non-hydrogen) atoms. The third-order valence-electron chi connectivity index (χ3n) is 6.24. The van der Waals surface area contributed by atoms with Crippen LogP contribution >= 0.6 is 0 Å². The maximum Gasteiger partial charge on any atom is 0.270 e. The maximum atomic E-state index is 13.3. The first kappa shape index (κ1) is 21.1. The highest BCUT2D eigenvalue weighted by molar-refractivity contribution is 6.00. The number of benzene rings is 2. The molecule has 1 N–H and O–H groups in total. The monoisotopic (exact) mass is 425 g/mol. The van der Waals surface area contributed by atoms with Gasteiger partial charge in [0.1, 0.15) is 12.3 Å². The third-order valence-corrected chi connectivity index (χ3v) is 6.24. The van der Waals surface area contributed by atoms with Gasteiger partial charge in [0, 0.05) is 30.8 Å². The van der Waals surface area contributed by atoms with E-state index in [0.29, 0.717) is 18.7 Å². The number of hydrogen-bond acceptors (Lipinski definition) is 5. The van der Waals surface area contributed by atoms with Crippen molar-refractivity contribution in [2.75, 3.05) is 51.3 Å². The number of quaternary nitrogens is 1. The van der Waals surface area contributed by atoms with Gasteiger partial charge in [-0.1, -0.05) is 0 Å². The average molecular weight is 426 g/mol.